The Hall–Kier alpha value is -1.26. The van der Waals surface area contributed by atoms with Gasteiger partial charge in [0.05, 0.1) is 6.54 Å². The highest BCUT2D eigenvalue weighted by Crippen LogP contribution is 2.25. The first-order chi connectivity index (χ1) is 11.6. The topological polar surface area (TPSA) is 26.8 Å². The number of nitrogens with zero attached hydrogens (tertiary/aromatic N) is 3. The molecule has 1 aromatic carbocycles. The fourth-order valence-corrected chi connectivity index (χ4v) is 3.85. The minimum atomic E-state index is 0.310. The molecule has 0 unspecified atom stereocenters. The fraction of sp³-hybridized carbons (Fsp3) is 0.632. The van der Waals surface area contributed by atoms with Gasteiger partial charge in [-0.05, 0) is 37.5 Å². The van der Waals surface area contributed by atoms with Gasteiger partial charge in [0, 0.05) is 50.0 Å². The van der Waals surface area contributed by atoms with Crippen molar-refractivity contribution in [3.63, 3.8) is 0 Å². The average Bonchev–Trinajstić information content (AvgIpc) is 2.87. The molecule has 3 rings (SSSR count). The maximum Gasteiger partial charge on any atom is 0.236 e. The zero-order valence-corrected chi connectivity index (χ0v) is 15.4. The van der Waals surface area contributed by atoms with Crippen LogP contribution < -0.4 is 4.90 Å². The van der Waals surface area contributed by atoms with Gasteiger partial charge in [0.15, 0.2) is 0 Å². The number of halogens is 1. The van der Waals surface area contributed by atoms with Crippen LogP contribution in [0.25, 0.3) is 0 Å². The molecule has 4 nitrogen and oxygen atoms in total. The van der Waals surface area contributed by atoms with Crippen LogP contribution in [0.15, 0.2) is 18.2 Å². The molecule has 0 bridgehead atoms. The van der Waals surface area contributed by atoms with Crippen LogP contribution in [0.5, 0.6) is 0 Å². The van der Waals surface area contributed by atoms with E-state index in [0.717, 1.165) is 57.1 Å². The molecule has 0 radical (unpaired) electrons. The lowest BCUT2D eigenvalue weighted by Crippen LogP contribution is -2.50. The molecule has 0 N–H and O–H groups in total. The minimum absolute atomic E-state index is 0.310. The van der Waals surface area contributed by atoms with E-state index < -0.39 is 0 Å². The normalized spacial score (nSPS) is 20.1. The van der Waals surface area contributed by atoms with Gasteiger partial charge in [-0.3, -0.25) is 9.69 Å². The van der Waals surface area contributed by atoms with E-state index in [-0.39, 0.29) is 0 Å². The molecule has 1 aromatic rings. The molecule has 2 aliphatic heterocycles. The number of benzene rings is 1. The van der Waals surface area contributed by atoms with Crippen molar-refractivity contribution in [1.29, 1.82) is 0 Å². The first kappa shape index (κ1) is 17.6. The third kappa shape index (κ3) is 4.42. The zero-order valence-electron chi connectivity index (χ0n) is 14.6. The number of aryl methyl sites for hydroxylation is 1. The molecule has 2 aliphatic rings. The molecule has 0 aliphatic carbocycles. The monoisotopic (exact) mass is 349 g/mol. The molecular formula is C19H28ClN3O. The van der Waals surface area contributed by atoms with Crippen molar-refractivity contribution >= 4 is 23.2 Å². The van der Waals surface area contributed by atoms with Crippen LogP contribution in [0.4, 0.5) is 5.69 Å². The van der Waals surface area contributed by atoms with Crippen LogP contribution >= 0.6 is 11.6 Å². The first-order valence-electron chi connectivity index (χ1n) is 9.15. The average molecular weight is 350 g/mol. The summed E-state index contributed by atoms with van der Waals surface area (Å²) in [5.74, 6) is 0.310. The van der Waals surface area contributed by atoms with E-state index >= 15 is 0 Å². The SMILES string of the molecule is Cc1ccc(Cl)cc1N1CCN(CC(=O)N2CCCCCC2)CC1. The molecule has 0 aromatic heterocycles. The Morgan fingerprint density at radius 1 is 1.00 bits per heavy atom. The number of hydrogen-bond acceptors (Lipinski definition) is 3. The highest BCUT2D eigenvalue weighted by atomic mass is 35.5. The van der Waals surface area contributed by atoms with Crippen molar-refractivity contribution in [3.8, 4) is 0 Å². The Bertz CT molecular complexity index is 562. The molecule has 132 valence electrons. The Morgan fingerprint density at radius 3 is 2.33 bits per heavy atom. The van der Waals surface area contributed by atoms with E-state index in [1.165, 1.54) is 24.1 Å². The van der Waals surface area contributed by atoms with Crippen LogP contribution in [0, 0.1) is 6.92 Å². The van der Waals surface area contributed by atoms with Crippen molar-refractivity contribution in [2.75, 3.05) is 50.7 Å². The Morgan fingerprint density at radius 2 is 1.67 bits per heavy atom. The van der Waals surface area contributed by atoms with Gasteiger partial charge in [0.1, 0.15) is 0 Å². The Labute approximate surface area is 150 Å². The van der Waals surface area contributed by atoms with Gasteiger partial charge in [-0.25, -0.2) is 0 Å². The molecule has 2 fully saturated rings. The number of piperazine rings is 1. The summed E-state index contributed by atoms with van der Waals surface area (Å²) < 4.78 is 0. The van der Waals surface area contributed by atoms with E-state index in [1.54, 1.807) is 0 Å². The van der Waals surface area contributed by atoms with E-state index in [4.69, 9.17) is 11.6 Å². The summed E-state index contributed by atoms with van der Waals surface area (Å²) in [5, 5.41) is 0.786. The lowest BCUT2D eigenvalue weighted by molar-refractivity contribution is -0.132. The van der Waals surface area contributed by atoms with Gasteiger partial charge in [0.2, 0.25) is 5.91 Å². The first-order valence-corrected chi connectivity index (χ1v) is 9.52. The lowest BCUT2D eigenvalue weighted by atomic mass is 10.1. The second-order valence-corrected chi connectivity index (χ2v) is 7.43. The van der Waals surface area contributed by atoms with Crippen LogP contribution in [0.2, 0.25) is 5.02 Å². The minimum Gasteiger partial charge on any atom is -0.369 e. The zero-order chi connectivity index (χ0) is 16.9. The van der Waals surface area contributed by atoms with Gasteiger partial charge in [0.25, 0.3) is 0 Å². The van der Waals surface area contributed by atoms with Crippen LogP contribution in [0.1, 0.15) is 31.2 Å². The van der Waals surface area contributed by atoms with Crippen molar-refractivity contribution in [2.24, 2.45) is 0 Å². The Kier molecular flexibility index (Phi) is 6.01. The standard InChI is InChI=1S/C19H28ClN3O/c1-16-6-7-17(20)14-18(16)22-12-10-21(11-13-22)15-19(24)23-8-4-2-3-5-9-23/h6-7,14H,2-5,8-13,15H2,1H3. The second-order valence-electron chi connectivity index (χ2n) is 6.99. The van der Waals surface area contributed by atoms with E-state index in [1.807, 2.05) is 6.07 Å². The molecule has 1 amide bonds. The van der Waals surface area contributed by atoms with Crippen molar-refractivity contribution in [3.05, 3.63) is 28.8 Å². The predicted molar refractivity (Wildman–Crippen MR) is 99.9 cm³/mol. The predicted octanol–water partition coefficient (Wildman–Crippen LogP) is 3.17. The maximum atomic E-state index is 12.5. The molecule has 0 atom stereocenters. The van der Waals surface area contributed by atoms with Gasteiger partial charge in [-0.1, -0.05) is 30.5 Å². The summed E-state index contributed by atoms with van der Waals surface area (Å²) in [6, 6.07) is 6.07. The van der Waals surface area contributed by atoms with E-state index in [0.29, 0.717) is 12.5 Å². The summed E-state index contributed by atoms with van der Waals surface area (Å²) in [4.78, 5) is 19.3. The summed E-state index contributed by atoms with van der Waals surface area (Å²) >= 11 is 6.15. The largest absolute Gasteiger partial charge is 0.369 e. The third-order valence-electron chi connectivity index (χ3n) is 5.20. The van der Waals surface area contributed by atoms with Crippen LogP contribution in [-0.2, 0) is 4.79 Å². The van der Waals surface area contributed by atoms with Crippen molar-refractivity contribution < 1.29 is 4.79 Å². The fourth-order valence-electron chi connectivity index (χ4n) is 3.68. The molecule has 2 saturated heterocycles. The van der Waals surface area contributed by atoms with Crippen LogP contribution in [0.3, 0.4) is 0 Å². The summed E-state index contributed by atoms with van der Waals surface area (Å²) in [5.41, 5.74) is 2.48. The number of likely N-dealkylation sites (tertiary alicyclic amines) is 1. The third-order valence-corrected chi connectivity index (χ3v) is 5.44. The molecular weight excluding hydrogens is 322 g/mol. The van der Waals surface area contributed by atoms with Crippen molar-refractivity contribution in [1.82, 2.24) is 9.80 Å². The van der Waals surface area contributed by atoms with Crippen LogP contribution in [-0.4, -0.2) is 61.5 Å². The van der Waals surface area contributed by atoms with Gasteiger partial charge in [-0.15, -0.1) is 0 Å². The maximum absolute atomic E-state index is 12.5. The van der Waals surface area contributed by atoms with Gasteiger partial charge in [-0.2, -0.15) is 0 Å². The number of carbonyl (C=O) groups is 1. The molecule has 0 spiro atoms. The van der Waals surface area contributed by atoms with Gasteiger partial charge >= 0.3 is 0 Å². The highest BCUT2D eigenvalue weighted by Gasteiger charge is 2.23. The smallest absolute Gasteiger partial charge is 0.236 e. The van der Waals surface area contributed by atoms with E-state index in [9.17, 15) is 4.79 Å². The van der Waals surface area contributed by atoms with Crippen molar-refractivity contribution in [2.45, 2.75) is 32.6 Å². The number of anilines is 1. The molecule has 5 heteroatoms. The van der Waals surface area contributed by atoms with Gasteiger partial charge < -0.3 is 9.80 Å². The number of amides is 1. The second kappa shape index (κ2) is 8.21. The number of hydrogen-bond donors (Lipinski definition) is 0. The molecule has 24 heavy (non-hydrogen) atoms. The summed E-state index contributed by atoms with van der Waals surface area (Å²) in [6.45, 7) is 8.37. The molecule has 2 heterocycles. The molecule has 0 saturated carbocycles. The quantitative estimate of drug-likeness (QED) is 0.838. The van der Waals surface area contributed by atoms with E-state index in [2.05, 4.69) is 33.8 Å². The lowest BCUT2D eigenvalue weighted by Gasteiger charge is -2.37. The summed E-state index contributed by atoms with van der Waals surface area (Å²) in [7, 11) is 0. The Balaban J connectivity index is 1.51. The number of carbonyl (C=O) groups excluding carboxylic acids is 1. The number of rotatable bonds is 3. The highest BCUT2D eigenvalue weighted by molar-refractivity contribution is 6.30. The summed E-state index contributed by atoms with van der Waals surface area (Å²) in [6.07, 6.45) is 4.85.